The third-order valence-electron chi connectivity index (χ3n) is 2.53. The van der Waals surface area contributed by atoms with Crippen molar-refractivity contribution in [2.45, 2.75) is 6.18 Å². The molecule has 0 saturated carbocycles. The molecule has 2 aromatic rings. The average Bonchev–Trinajstić information content (AvgIpc) is 2.40. The summed E-state index contributed by atoms with van der Waals surface area (Å²) in [4.78, 5) is 9.90. The lowest BCUT2D eigenvalue weighted by Gasteiger charge is -2.11. The highest BCUT2D eigenvalue weighted by Crippen LogP contribution is 2.36. The molecular formula is C13H7ClF3NO3. The Morgan fingerprint density at radius 3 is 2.24 bits per heavy atom. The van der Waals surface area contributed by atoms with Crippen molar-refractivity contribution in [1.82, 2.24) is 0 Å². The molecule has 0 aromatic heterocycles. The van der Waals surface area contributed by atoms with Crippen LogP contribution in [0.3, 0.4) is 0 Å². The molecule has 21 heavy (non-hydrogen) atoms. The second-order valence-corrected chi connectivity index (χ2v) is 4.40. The van der Waals surface area contributed by atoms with Gasteiger partial charge in [0.15, 0.2) is 0 Å². The van der Waals surface area contributed by atoms with Crippen LogP contribution in [0.15, 0.2) is 42.5 Å². The molecule has 0 heterocycles. The van der Waals surface area contributed by atoms with E-state index >= 15 is 0 Å². The number of rotatable bonds is 3. The first-order chi connectivity index (χ1) is 9.77. The van der Waals surface area contributed by atoms with Crippen molar-refractivity contribution in [3.63, 3.8) is 0 Å². The van der Waals surface area contributed by atoms with Gasteiger partial charge in [0.1, 0.15) is 11.5 Å². The second-order valence-electron chi connectivity index (χ2n) is 4.00. The normalized spacial score (nSPS) is 11.2. The summed E-state index contributed by atoms with van der Waals surface area (Å²) in [6.45, 7) is 0. The highest BCUT2D eigenvalue weighted by Gasteiger charge is 2.31. The Labute approximate surface area is 121 Å². The number of alkyl halides is 3. The van der Waals surface area contributed by atoms with Crippen LogP contribution in [-0.4, -0.2) is 4.92 Å². The SMILES string of the molecule is O=[N+]([O-])c1ccc(Oc2cc(C(F)(F)F)ccc2Cl)cc1. The molecule has 2 aromatic carbocycles. The van der Waals surface area contributed by atoms with Crippen LogP contribution in [0.25, 0.3) is 0 Å². The Kier molecular flexibility index (Phi) is 4.04. The summed E-state index contributed by atoms with van der Waals surface area (Å²) in [5.41, 5.74) is -1.05. The van der Waals surface area contributed by atoms with E-state index < -0.39 is 16.7 Å². The van der Waals surface area contributed by atoms with E-state index in [2.05, 4.69) is 0 Å². The van der Waals surface area contributed by atoms with Crippen molar-refractivity contribution >= 4 is 17.3 Å². The maximum Gasteiger partial charge on any atom is 0.416 e. The number of nitrogens with zero attached hydrogens (tertiary/aromatic N) is 1. The summed E-state index contributed by atoms with van der Waals surface area (Å²) in [7, 11) is 0. The van der Waals surface area contributed by atoms with Gasteiger partial charge in [0.25, 0.3) is 5.69 Å². The van der Waals surface area contributed by atoms with Gasteiger partial charge in [0, 0.05) is 12.1 Å². The van der Waals surface area contributed by atoms with Gasteiger partial charge in [-0.05, 0) is 30.3 Å². The monoisotopic (exact) mass is 317 g/mol. The van der Waals surface area contributed by atoms with E-state index in [0.29, 0.717) is 0 Å². The standard InChI is InChI=1S/C13H7ClF3NO3/c14-11-6-1-8(13(15,16)17)7-12(11)21-10-4-2-9(3-5-10)18(19)20/h1-7H. The number of halogens is 4. The van der Waals surface area contributed by atoms with Gasteiger partial charge in [-0.1, -0.05) is 11.6 Å². The molecule has 0 aliphatic heterocycles. The first kappa shape index (κ1) is 15.1. The van der Waals surface area contributed by atoms with Crippen molar-refractivity contribution in [3.8, 4) is 11.5 Å². The maximum atomic E-state index is 12.6. The number of ether oxygens (including phenoxy) is 1. The van der Waals surface area contributed by atoms with E-state index in [-0.39, 0.29) is 22.2 Å². The molecule has 0 amide bonds. The lowest BCUT2D eigenvalue weighted by atomic mass is 10.2. The maximum absolute atomic E-state index is 12.6. The fourth-order valence-electron chi connectivity index (χ4n) is 1.52. The van der Waals surface area contributed by atoms with E-state index in [9.17, 15) is 23.3 Å². The van der Waals surface area contributed by atoms with Crippen LogP contribution < -0.4 is 4.74 Å². The molecule has 110 valence electrons. The molecule has 0 N–H and O–H groups in total. The number of benzene rings is 2. The molecule has 0 unspecified atom stereocenters. The Morgan fingerprint density at radius 2 is 1.71 bits per heavy atom. The van der Waals surface area contributed by atoms with Crippen LogP contribution in [0.4, 0.5) is 18.9 Å². The van der Waals surface area contributed by atoms with Crippen LogP contribution in [0.1, 0.15) is 5.56 Å². The quantitative estimate of drug-likeness (QED) is 0.587. The molecule has 0 atom stereocenters. The summed E-state index contributed by atoms with van der Waals surface area (Å²) < 4.78 is 43.0. The Morgan fingerprint density at radius 1 is 1.10 bits per heavy atom. The second kappa shape index (κ2) is 5.61. The number of hydrogen-bond donors (Lipinski definition) is 0. The molecule has 4 nitrogen and oxygen atoms in total. The van der Waals surface area contributed by atoms with Gasteiger partial charge in [-0.25, -0.2) is 0 Å². The summed E-state index contributed by atoms with van der Waals surface area (Å²) in [5.74, 6) is -0.0397. The first-order valence-electron chi connectivity index (χ1n) is 5.56. The van der Waals surface area contributed by atoms with Crippen molar-refractivity contribution in [1.29, 1.82) is 0 Å². The van der Waals surface area contributed by atoms with Gasteiger partial charge in [-0.3, -0.25) is 10.1 Å². The van der Waals surface area contributed by atoms with E-state index in [4.69, 9.17) is 16.3 Å². The first-order valence-corrected chi connectivity index (χ1v) is 5.94. The minimum Gasteiger partial charge on any atom is -0.456 e. The van der Waals surface area contributed by atoms with Crippen LogP contribution in [0, 0.1) is 10.1 Å². The zero-order valence-corrected chi connectivity index (χ0v) is 11.0. The fraction of sp³-hybridized carbons (Fsp3) is 0.0769. The van der Waals surface area contributed by atoms with Crippen LogP contribution >= 0.6 is 11.6 Å². The van der Waals surface area contributed by atoms with Crippen LogP contribution in [0.5, 0.6) is 11.5 Å². The van der Waals surface area contributed by atoms with Gasteiger partial charge in [-0.2, -0.15) is 13.2 Å². The van der Waals surface area contributed by atoms with Crippen LogP contribution in [0.2, 0.25) is 5.02 Å². The summed E-state index contributed by atoms with van der Waals surface area (Å²) in [6.07, 6.45) is -4.52. The number of nitro benzene ring substituents is 1. The minimum atomic E-state index is -4.52. The van der Waals surface area contributed by atoms with Crippen molar-refractivity contribution in [2.24, 2.45) is 0 Å². The largest absolute Gasteiger partial charge is 0.456 e. The summed E-state index contributed by atoms with van der Waals surface area (Å²) in [5, 5.41) is 10.5. The Bertz CT molecular complexity index is 671. The molecule has 0 saturated heterocycles. The molecule has 0 aliphatic carbocycles. The topological polar surface area (TPSA) is 52.4 Å². The van der Waals surface area contributed by atoms with Gasteiger partial charge in [-0.15, -0.1) is 0 Å². The van der Waals surface area contributed by atoms with Crippen molar-refractivity contribution in [3.05, 3.63) is 63.2 Å². The highest BCUT2D eigenvalue weighted by atomic mass is 35.5. The molecule has 0 spiro atoms. The molecular weight excluding hydrogens is 311 g/mol. The molecule has 0 bridgehead atoms. The smallest absolute Gasteiger partial charge is 0.416 e. The molecule has 0 aliphatic rings. The van der Waals surface area contributed by atoms with Gasteiger partial charge < -0.3 is 4.74 Å². The van der Waals surface area contributed by atoms with E-state index in [1.54, 1.807) is 0 Å². The fourth-order valence-corrected chi connectivity index (χ4v) is 1.68. The van der Waals surface area contributed by atoms with Crippen molar-refractivity contribution in [2.75, 3.05) is 0 Å². The molecule has 0 fully saturated rings. The van der Waals surface area contributed by atoms with Gasteiger partial charge >= 0.3 is 6.18 Å². The number of hydrogen-bond acceptors (Lipinski definition) is 3. The van der Waals surface area contributed by atoms with Gasteiger partial charge in [0.05, 0.1) is 15.5 Å². The summed E-state index contributed by atoms with van der Waals surface area (Å²) >= 11 is 5.78. The van der Waals surface area contributed by atoms with E-state index in [1.807, 2.05) is 0 Å². The van der Waals surface area contributed by atoms with E-state index in [0.717, 1.165) is 18.2 Å². The number of non-ortho nitro benzene ring substituents is 1. The zero-order chi connectivity index (χ0) is 15.6. The van der Waals surface area contributed by atoms with Gasteiger partial charge in [0.2, 0.25) is 0 Å². The summed E-state index contributed by atoms with van der Waals surface area (Å²) in [6, 6.07) is 7.58. The Balaban J connectivity index is 2.28. The minimum absolute atomic E-state index is 0.00125. The highest BCUT2D eigenvalue weighted by molar-refractivity contribution is 6.32. The third kappa shape index (κ3) is 3.63. The number of nitro groups is 1. The average molecular weight is 318 g/mol. The molecule has 8 heteroatoms. The van der Waals surface area contributed by atoms with Crippen molar-refractivity contribution < 1.29 is 22.8 Å². The third-order valence-corrected chi connectivity index (χ3v) is 2.85. The Hall–Kier alpha value is -2.28. The molecule has 0 radical (unpaired) electrons. The zero-order valence-electron chi connectivity index (χ0n) is 10.2. The van der Waals surface area contributed by atoms with Crippen LogP contribution in [-0.2, 0) is 6.18 Å². The molecule has 2 rings (SSSR count). The lowest BCUT2D eigenvalue weighted by molar-refractivity contribution is -0.384. The predicted octanol–water partition coefficient (Wildman–Crippen LogP) is 5.06. The lowest BCUT2D eigenvalue weighted by Crippen LogP contribution is -2.04. The predicted molar refractivity (Wildman–Crippen MR) is 69.6 cm³/mol. The van der Waals surface area contributed by atoms with E-state index in [1.165, 1.54) is 24.3 Å².